The van der Waals surface area contributed by atoms with Crippen molar-refractivity contribution < 1.29 is 12.8 Å². The zero-order chi connectivity index (χ0) is 17.3. The maximum atomic E-state index is 13.0. The molecule has 0 atom stereocenters. The third-order valence-electron chi connectivity index (χ3n) is 3.05. The minimum atomic E-state index is -3.92. The molecule has 0 spiro atoms. The maximum absolute atomic E-state index is 13.0. The Hall–Kier alpha value is -1.67. The predicted molar refractivity (Wildman–Crippen MR) is 94.8 cm³/mol. The van der Waals surface area contributed by atoms with Crippen LogP contribution in [0.3, 0.4) is 0 Å². The minimum Gasteiger partial charge on any atom is -0.255 e. The van der Waals surface area contributed by atoms with Crippen LogP contribution in [0.2, 0.25) is 10.0 Å². The first-order chi connectivity index (χ1) is 11.3. The molecule has 4 nitrogen and oxygen atoms in total. The second-order valence-corrected chi connectivity index (χ2v) is 8.08. The number of aromatic nitrogens is 1. The molecule has 0 radical (unpaired) electrons. The summed E-state index contributed by atoms with van der Waals surface area (Å²) in [7, 11) is -3.92. The molecule has 0 aliphatic rings. The molecule has 0 amide bonds. The molecule has 1 aromatic heterocycles. The van der Waals surface area contributed by atoms with Gasteiger partial charge in [0.1, 0.15) is 10.7 Å². The molecule has 1 heterocycles. The van der Waals surface area contributed by atoms with Gasteiger partial charge in [0.05, 0.1) is 10.7 Å². The molecule has 0 saturated heterocycles. The van der Waals surface area contributed by atoms with Crippen LogP contribution in [0.15, 0.2) is 52.7 Å². The monoisotopic (exact) mass is 402 g/mol. The third-order valence-corrected chi connectivity index (χ3v) is 5.99. The lowest BCUT2D eigenvalue weighted by Gasteiger charge is -2.07. The number of halogens is 3. The van der Waals surface area contributed by atoms with Crippen LogP contribution in [0, 0.1) is 5.82 Å². The summed E-state index contributed by atoms with van der Waals surface area (Å²) in [5.74, 6) is -0.356. The summed E-state index contributed by atoms with van der Waals surface area (Å²) in [5, 5.41) is 2.16. The second-order valence-electron chi connectivity index (χ2n) is 4.73. The highest BCUT2D eigenvalue weighted by molar-refractivity contribution is 7.93. The van der Waals surface area contributed by atoms with Crippen LogP contribution in [0.1, 0.15) is 0 Å². The van der Waals surface area contributed by atoms with E-state index in [1.165, 1.54) is 30.3 Å². The van der Waals surface area contributed by atoms with Crippen molar-refractivity contribution in [1.82, 2.24) is 4.98 Å². The summed E-state index contributed by atoms with van der Waals surface area (Å²) in [4.78, 5) is 4.07. The lowest BCUT2D eigenvalue weighted by molar-refractivity contribution is 0.601. The molecule has 9 heteroatoms. The number of benzene rings is 2. The van der Waals surface area contributed by atoms with Gasteiger partial charge in [0, 0.05) is 16.0 Å². The van der Waals surface area contributed by atoms with Crippen molar-refractivity contribution >= 4 is 49.7 Å². The van der Waals surface area contributed by atoms with E-state index in [2.05, 4.69) is 9.71 Å². The molecule has 24 heavy (non-hydrogen) atoms. The molecule has 1 N–H and O–H groups in total. The zero-order valence-corrected chi connectivity index (χ0v) is 15.0. The molecule has 2 aromatic carbocycles. The number of nitrogens with one attached hydrogen (secondary N) is 1. The summed E-state index contributed by atoms with van der Waals surface area (Å²) in [6, 6.07) is 9.92. The average molecular weight is 403 g/mol. The maximum Gasteiger partial charge on any atom is 0.265 e. The van der Waals surface area contributed by atoms with Crippen molar-refractivity contribution in [2.75, 3.05) is 4.72 Å². The van der Waals surface area contributed by atoms with E-state index in [0.29, 0.717) is 11.3 Å². The van der Waals surface area contributed by atoms with Gasteiger partial charge in [-0.15, -0.1) is 11.3 Å². The van der Waals surface area contributed by atoms with E-state index in [9.17, 15) is 12.8 Å². The number of anilines is 1. The molecule has 0 saturated carbocycles. The van der Waals surface area contributed by atoms with Gasteiger partial charge >= 0.3 is 0 Å². The molecule has 0 fully saturated rings. The van der Waals surface area contributed by atoms with Gasteiger partial charge in [-0.05, 0) is 42.5 Å². The van der Waals surface area contributed by atoms with Gasteiger partial charge in [-0.3, -0.25) is 4.72 Å². The SMILES string of the molecule is O=S(=O)(Nc1nc(-c2ccc(F)cc2)cs1)c1cc(Cl)ccc1Cl. The van der Waals surface area contributed by atoms with Crippen LogP contribution < -0.4 is 4.72 Å². The second kappa shape index (κ2) is 6.68. The summed E-state index contributed by atoms with van der Waals surface area (Å²) < 4.78 is 40.2. The minimum absolute atomic E-state index is 0.0576. The van der Waals surface area contributed by atoms with Crippen molar-refractivity contribution in [1.29, 1.82) is 0 Å². The molecule has 3 rings (SSSR count). The van der Waals surface area contributed by atoms with E-state index in [4.69, 9.17) is 23.2 Å². The third kappa shape index (κ3) is 3.70. The first-order valence-corrected chi connectivity index (χ1v) is 9.66. The van der Waals surface area contributed by atoms with Gasteiger partial charge in [0.25, 0.3) is 10.0 Å². The average Bonchev–Trinajstić information content (AvgIpc) is 2.98. The Morgan fingerprint density at radius 1 is 1.08 bits per heavy atom. The Bertz CT molecular complexity index is 989. The lowest BCUT2D eigenvalue weighted by atomic mass is 10.2. The van der Waals surface area contributed by atoms with E-state index in [-0.39, 0.29) is 25.9 Å². The normalized spacial score (nSPS) is 11.5. The van der Waals surface area contributed by atoms with Crippen LogP contribution in [0.4, 0.5) is 9.52 Å². The molecule has 3 aromatic rings. The van der Waals surface area contributed by atoms with Gasteiger partial charge in [0.15, 0.2) is 5.13 Å². The van der Waals surface area contributed by atoms with E-state index in [0.717, 1.165) is 11.3 Å². The molecular formula is C15H9Cl2FN2O2S2. The van der Waals surface area contributed by atoms with Crippen LogP contribution in [-0.2, 0) is 10.0 Å². The molecular weight excluding hydrogens is 394 g/mol. The lowest BCUT2D eigenvalue weighted by Crippen LogP contribution is -2.13. The van der Waals surface area contributed by atoms with Crippen LogP contribution >= 0.6 is 34.5 Å². The van der Waals surface area contributed by atoms with Gasteiger partial charge in [-0.2, -0.15) is 0 Å². The Morgan fingerprint density at radius 2 is 1.79 bits per heavy atom. The van der Waals surface area contributed by atoms with Crippen LogP contribution in [0.25, 0.3) is 11.3 Å². The summed E-state index contributed by atoms with van der Waals surface area (Å²) in [6.45, 7) is 0. The quantitative estimate of drug-likeness (QED) is 0.663. The van der Waals surface area contributed by atoms with Crippen molar-refractivity contribution in [3.63, 3.8) is 0 Å². The van der Waals surface area contributed by atoms with E-state index >= 15 is 0 Å². The Morgan fingerprint density at radius 3 is 2.50 bits per heavy atom. The van der Waals surface area contributed by atoms with Crippen molar-refractivity contribution in [2.24, 2.45) is 0 Å². The predicted octanol–water partition coefficient (Wildman–Crippen LogP) is 5.06. The van der Waals surface area contributed by atoms with Gasteiger partial charge < -0.3 is 0 Å². The Balaban J connectivity index is 1.88. The largest absolute Gasteiger partial charge is 0.265 e. The highest BCUT2D eigenvalue weighted by Crippen LogP contribution is 2.30. The van der Waals surface area contributed by atoms with Crippen molar-refractivity contribution in [3.05, 3.63) is 63.7 Å². The number of rotatable bonds is 4. The van der Waals surface area contributed by atoms with Crippen molar-refractivity contribution in [2.45, 2.75) is 4.90 Å². The number of hydrogen-bond donors (Lipinski definition) is 1. The summed E-state index contributed by atoms with van der Waals surface area (Å²) in [5.41, 5.74) is 1.22. The van der Waals surface area contributed by atoms with Crippen LogP contribution in [0.5, 0.6) is 0 Å². The Kier molecular flexibility index (Phi) is 4.78. The van der Waals surface area contributed by atoms with Gasteiger partial charge in [0.2, 0.25) is 0 Å². The first kappa shape index (κ1) is 17.2. The highest BCUT2D eigenvalue weighted by atomic mass is 35.5. The Labute approximate surface area is 151 Å². The van der Waals surface area contributed by atoms with Gasteiger partial charge in [-0.25, -0.2) is 17.8 Å². The summed E-state index contributed by atoms with van der Waals surface area (Å²) >= 11 is 12.9. The molecule has 124 valence electrons. The fourth-order valence-electron chi connectivity index (χ4n) is 1.93. The van der Waals surface area contributed by atoms with Crippen LogP contribution in [-0.4, -0.2) is 13.4 Å². The fourth-order valence-corrected chi connectivity index (χ4v) is 4.66. The standard InChI is InChI=1S/C15H9Cl2FN2O2S2/c16-10-3-6-12(17)14(7-10)24(21,22)20-15-19-13(8-23-15)9-1-4-11(18)5-2-9/h1-8H,(H,19,20). The number of thiazole rings is 1. The smallest absolute Gasteiger partial charge is 0.255 e. The number of nitrogens with zero attached hydrogens (tertiary/aromatic N) is 1. The molecule has 0 aliphatic carbocycles. The first-order valence-electron chi connectivity index (χ1n) is 6.54. The molecule has 0 unspecified atom stereocenters. The topological polar surface area (TPSA) is 59.1 Å². The molecule has 0 aliphatic heterocycles. The van der Waals surface area contributed by atoms with Crippen molar-refractivity contribution in [3.8, 4) is 11.3 Å². The zero-order valence-electron chi connectivity index (χ0n) is 11.8. The summed E-state index contributed by atoms with van der Waals surface area (Å²) in [6.07, 6.45) is 0. The number of sulfonamides is 1. The number of hydrogen-bond acceptors (Lipinski definition) is 4. The highest BCUT2D eigenvalue weighted by Gasteiger charge is 2.20. The fraction of sp³-hybridized carbons (Fsp3) is 0. The van der Waals surface area contributed by atoms with E-state index in [1.54, 1.807) is 17.5 Å². The van der Waals surface area contributed by atoms with E-state index < -0.39 is 10.0 Å². The van der Waals surface area contributed by atoms with Gasteiger partial charge in [-0.1, -0.05) is 23.2 Å². The molecule has 0 bridgehead atoms. The van der Waals surface area contributed by atoms with E-state index in [1.807, 2.05) is 0 Å².